The molecular formula is C24H29N5O3. The molecule has 0 atom stereocenters. The Hall–Kier alpha value is -3.39. The van der Waals surface area contributed by atoms with Gasteiger partial charge in [-0.05, 0) is 49.2 Å². The van der Waals surface area contributed by atoms with E-state index in [1.807, 2.05) is 30.1 Å². The van der Waals surface area contributed by atoms with Gasteiger partial charge in [-0.25, -0.2) is 0 Å². The first-order valence-electron chi connectivity index (χ1n) is 10.8. The smallest absolute Gasteiger partial charge is 0.255 e. The van der Waals surface area contributed by atoms with Gasteiger partial charge in [0.15, 0.2) is 0 Å². The third kappa shape index (κ3) is 4.91. The van der Waals surface area contributed by atoms with Gasteiger partial charge in [0.1, 0.15) is 11.5 Å². The highest BCUT2D eigenvalue weighted by molar-refractivity contribution is 5.97. The number of hydrogen-bond acceptors (Lipinski definition) is 6. The number of aryl methyl sites for hydroxylation is 1. The summed E-state index contributed by atoms with van der Waals surface area (Å²) in [5, 5.41) is 7.79. The zero-order valence-corrected chi connectivity index (χ0v) is 18.7. The molecule has 1 aromatic carbocycles. The predicted molar refractivity (Wildman–Crippen MR) is 122 cm³/mol. The average molecular weight is 436 g/mol. The maximum absolute atomic E-state index is 12.8. The zero-order valence-electron chi connectivity index (χ0n) is 18.7. The average Bonchev–Trinajstić information content (AvgIpc) is 3.20. The molecule has 0 radical (unpaired) electrons. The molecule has 1 fully saturated rings. The molecule has 3 aromatic rings. The highest BCUT2D eigenvalue weighted by Gasteiger charge is 2.23. The number of methoxy groups -OCH3 is 2. The summed E-state index contributed by atoms with van der Waals surface area (Å²) >= 11 is 0. The molecule has 1 amide bonds. The Morgan fingerprint density at radius 3 is 2.66 bits per heavy atom. The van der Waals surface area contributed by atoms with E-state index in [-0.39, 0.29) is 11.9 Å². The van der Waals surface area contributed by atoms with Gasteiger partial charge in [0.25, 0.3) is 5.91 Å². The molecule has 0 bridgehead atoms. The first-order valence-corrected chi connectivity index (χ1v) is 10.8. The van der Waals surface area contributed by atoms with Crippen molar-refractivity contribution in [1.29, 1.82) is 0 Å². The molecule has 0 unspecified atom stereocenters. The summed E-state index contributed by atoms with van der Waals surface area (Å²) in [4.78, 5) is 19.4. The second-order valence-corrected chi connectivity index (χ2v) is 7.98. The van der Waals surface area contributed by atoms with E-state index in [1.54, 1.807) is 38.6 Å². The molecule has 1 saturated heterocycles. The molecule has 0 saturated carbocycles. The minimum atomic E-state index is -0.132. The third-order valence-electron chi connectivity index (χ3n) is 5.89. The number of nitrogens with zero attached hydrogens (tertiary/aromatic N) is 4. The van der Waals surface area contributed by atoms with Crippen LogP contribution in [0.1, 0.15) is 28.9 Å². The SMILES string of the molecule is COc1ccc(OC)c(C(=O)NC2CCN(Cc3cc(-c4cccnc4)nn3C)CC2)c1. The van der Waals surface area contributed by atoms with E-state index in [2.05, 4.69) is 26.4 Å². The van der Waals surface area contributed by atoms with Gasteiger partial charge >= 0.3 is 0 Å². The Kier molecular flexibility index (Phi) is 6.70. The largest absolute Gasteiger partial charge is 0.497 e. The molecule has 8 heteroatoms. The summed E-state index contributed by atoms with van der Waals surface area (Å²) in [7, 11) is 5.13. The lowest BCUT2D eigenvalue weighted by Crippen LogP contribution is -2.44. The molecule has 8 nitrogen and oxygen atoms in total. The maximum atomic E-state index is 12.8. The van der Waals surface area contributed by atoms with E-state index >= 15 is 0 Å². The molecule has 1 aliphatic rings. The number of amides is 1. The number of piperidine rings is 1. The van der Waals surface area contributed by atoms with E-state index in [0.717, 1.165) is 49.4 Å². The molecule has 0 aliphatic carbocycles. The van der Waals surface area contributed by atoms with Crippen LogP contribution in [0.25, 0.3) is 11.3 Å². The summed E-state index contributed by atoms with van der Waals surface area (Å²) < 4.78 is 12.5. The highest BCUT2D eigenvalue weighted by atomic mass is 16.5. The van der Waals surface area contributed by atoms with Crippen molar-refractivity contribution in [3.8, 4) is 22.8 Å². The molecular weight excluding hydrogens is 406 g/mol. The Morgan fingerprint density at radius 2 is 1.97 bits per heavy atom. The number of ether oxygens (including phenoxy) is 2. The van der Waals surface area contributed by atoms with Crippen molar-refractivity contribution in [3.05, 3.63) is 60.0 Å². The van der Waals surface area contributed by atoms with Crippen molar-refractivity contribution < 1.29 is 14.3 Å². The fourth-order valence-electron chi connectivity index (χ4n) is 4.03. The van der Waals surface area contributed by atoms with Crippen LogP contribution in [0.15, 0.2) is 48.8 Å². The number of pyridine rings is 1. The van der Waals surface area contributed by atoms with Gasteiger partial charge in [-0.15, -0.1) is 0 Å². The Balaban J connectivity index is 1.33. The van der Waals surface area contributed by atoms with Crippen molar-refractivity contribution in [2.24, 2.45) is 7.05 Å². The predicted octanol–water partition coefficient (Wildman–Crippen LogP) is 2.89. The number of aromatic nitrogens is 3. The molecule has 1 aliphatic heterocycles. The quantitative estimate of drug-likeness (QED) is 0.615. The molecule has 32 heavy (non-hydrogen) atoms. The summed E-state index contributed by atoms with van der Waals surface area (Å²) in [6.07, 6.45) is 5.38. The Morgan fingerprint density at radius 1 is 1.16 bits per heavy atom. The van der Waals surface area contributed by atoms with Gasteiger partial charge in [0.2, 0.25) is 0 Å². The van der Waals surface area contributed by atoms with Crippen LogP contribution in [0.4, 0.5) is 0 Å². The minimum Gasteiger partial charge on any atom is -0.497 e. The molecule has 3 heterocycles. The minimum absolute atomic E-state index is 0.132. The monoisotopic (exact) mass is 435 g/mol. The van der Waals surface area contributed by atoms with Crippen LogP contribution in [0.2, 0.25) is 0 Å². The van der Waals surface area contributed by atoms with Crippen LogP contribution in [-0.4, -0.2) is 58.9 Å². The fourth-order valence-corrected chi connectivity index (χ4v) is 4.03. The van der Waals surface area contributed by atoms with Crippen molar-refractivity contribution in [1.82, 2.24) is 25.0 Å². The Labute approximate surface area is 188 Å². The summed E-state index contributed by atoms with van der Waals surface area (Å²) in [6, 6.07) is 11.4. The summed E-state index contributed by atoms with van der Waals surface area (Å²) in [5.41, 5.74) is 3.60. The fraction of sp³-hybridized carbons (Fsp3) is 0.375. The summed E-state index contributed by atoms with van der Waals surface area (Å²) in [5.74, 6) is 1.04. The highest BCUT2D eigenvalue weighted by Crippen LogP contribution is 2.25. The third-order valence-corrected chi connectivity index (χ3v) is 5.89. The van der Waals surface area contributed by atoms with Gasteiger partial charge in [-0.1, -0.05) is 0 Å². The number of nitrogens with one attached hydrogen (secondary N) is 1. The van der Waals surface area contributed by atoms with Gasteiger partial charge in [-0.3, -0.25) is 19.4 Å². The van der Waals surface area contributed by atoms with E-state index in [0.29, 0.717) is 17.1 Å². The number of likely N-dealkylation sites (tertiary alicyclic amines) is 1. The molecule has 0 spiro atoms. The number of benzene rings is 1. The van der Waals surface area contributed by atoms with Crippen LogP contribution >= 0.6 is 0 Å². The molecule has 4 rings (SSSR count). The lowest BCUT2D eigenvalue weighted by Gasteiger charge is -2.32. The van der Waals surface area contributed by atoms with Gasteiger partial charge in [-0.2, -0.15) is 5.10 Å². The normalized spacial score (nSPS) is 14.8. The van der Waals surface area contributed by atoms with E-state index < -0.39 is 0 Å². The second kappa shape index (κ2) is 9.82. The van der Waals surface area contributed by atoms with Crippen molar-refractivity contribution in [3.63, 3.8) is 0 Å². The van der Waals surface area contributed by atoms with Crippen LogP contribution in [0, 0.1) is 0 Å². The zero-order chi connectivity index (χ0) is 22.5. The van der Waals surface area contributed by atoms with Crippen LogP contribution < -0.4 is 14.8 Å². The van der Waals surface area contributed by atoms with Gasteiger partial charge in [0.05, 0.1) is 31.2 Å². The number of rotatable bonds is 7. The first-order chi connectivity index (χ1) is 15.6. The topological polar surface area (TPSA) is 81.5 Å². The van der Waals surface area contributed by atoms with Crippen molar-refractivity contribution in [2.45, 2.75) is 25.4 Å². The maximum Gasteiger partial charge on any atom is 0.255 e. The lowest BCUT2D eigenvalue weighted by molar-refractivity contribution is 0.0905. The van der Waals surface area contributed by atoms with Gasteiger partial charge < -0.3 is 14.8 Å². The van der Waals surface area contributed by atoms with Crippen molar-refractivity contribution in [2.75, 3.05) is 27.3 Å². The molecule has 1 N–H and O–H groups in total. The van der Waals surface area contributed by atoms with Crippen molar-refractivity contribution >= 4 is 5.91 Å². The van der Waals surface area contributed by atoms with Gasteiger partial charge in [0, 0.05) is 50.7 Å². The van der Waals surface area contributed by atoms with Crippen LogP contribution in [0.3, 0.4) is 0 Å². The molecule has 2 aromatic heterocycles. The summed E-state index contributed by atoms with van der Waals surface area (Å²) in [6.45, 7) is 2.65. The number of carbonyl (C=O) groups excluding carboxylic acids is 1. The lowest BCUT2D eigenvalue weighted by atomic mass is 10.0. The standard InChI is InChI=1S/C24H29N5O3/c1-28-19(13-22(27-28)17-5-4-10-25-15-17)16-29-11-8-18(9-12-29)26-24(30)21-14-20(31-2)6-7-23(21)32-3/h4-7,10,13-15,18H,8-9,11-12,16H2,1-3H3,(H,26,30). The second-order valence-electron chi connectivity index (χ2n) is 7.98. The molecule has 168 valence electrons. The Bertz CT molecular complexity index is 1060. The number of carbonyl (C=O) groups is 1. The van der Waals surface area contributed by atoms with E-state index in [9.17, 15) is 4.79 Å². The van der Waals surface area contributed by atoms with Crippen LogP contribution in [-0.2, 0) is 13.6 Å². The van der Waals surface area contributed by atoms with E-state index in [4.69, 9.17) is 9.47 Å². The van der Waals surface area contributed by atoms with E-state index in [1.165, 1.54) is 0 Å². The first kappa shape index (κ1) is 21.8. The number of hydrogen-bond donors (Lipinski definition) is 1. The van der Waals surface area contributed by atoms with Crippen LogP contribution in [0.5, 0.6) is 11.5 Å².